The third kappa shape index (κ3) is 2.46. The van der Waals surface area contributed by atoms with Gasteiger partial charge in [-0.25, -0.2) is 4.98 Å². The number of hydrogen-bond acceptors (Lipinski definition) is 4. The fourth-order valence-corrected chi connectivity index (χ4v) is 1.76. The molecule has 15 heavy (non-hydrogen) atoms. The lowest BCUT2D eigenvalue weighted by Crippen LogP contribution is -2.33. The summed E-state index contributed by atoms with van der Waals surface area (Å²) in [6, 6.07) is 2.03. The molecule has 0 saturated heterocycles. The standard InChI is InChI=1S/C11H20N4/c1-4-7(2)10(15-13)9-8(3)5-6-14-11(9)12/h5-7,10,15H,4,13H2,1-3H3,(H2,12,14). The molecule has 2 atom stereocenters. The van der Waals surface area contributed by atoms with Crippen molar-refractivity contribution < 1.29 is 0 Å². The quantitative estimate of drug-likeness (QED) is 0.518. The van der Waals surface area contributed by atoms with E-state index in [4.69, 9.17) is 11.6 Å². The topological polar surface area (TPSA) is 77.0 Å². The first-order valence-corrected chi connectivity index (χ1v) is 5.28. The number of rotatable bonds is 4. The number of aromatic nitrogens is 1. The molecule has 2 unspecified atom stereocenters. The second-order valence-electron chi connectivity index (χ2n) is 3.96. The Kier molecular flexibility index (Phi) is 4.05. The molecule has 0 amide bonds. The van der Waals surface area contributed by atoms with Gasteiger partial charge >= 0.3 is 0 Å². The summed E-state index contributed by atoms with van der Waals surface area (Å²) in [4.78, 5) is 4.11. The minimum absolute atomic E-state index is 0.0729. The largest absolute Gasteiger partial charge is 0.383 e. The predicted octanol–water partition coefficient (Wildman–Crippen LogP) is 1.52. The van der Waals surface area contributed by atoms with Crippen molar-refractivity contribution in [3.8, 4) is 0 Å². The Balaban J connectivity index is 3.11. The summed E-state index contributed by atoms with van der Waals surface area (Å²) in [6.45, 7) is 6.31. The highest BCUT2D eigenvalue weighted by molar-refractivity contribution is 5.46. The highest BCUT2D eigenvalue weighted by Crippen LogP contribution is 2.29. The molecular formula is C11H20N4. The Morgan fingerprint density at radius 3 is 2.67 bits per heavy atom. The van der Waals surface area contributed by atoms with Gasteiger partial charge in [0.15, 0.2) is 0 Å². The monoisotopic (exact) mass is 208 g/mol. The number of anilines is 1. The molecule has 0 fully saturated rings. The van der Waals surface area contributed by atoms with Crippen molar-refractivity contribution in [2.45, 2.75) is 33.2 Å². The van der Waals surface area contributed by atoms with Crippen molar-refractivity contribution in [3.63, 3.8) is 0 Å². The number of nitrogens with two attached hydrogens (primary N) is 2. The minimum atomic E-state index is 0.0729. The van der Waals surface area contributed by atoms with Crippen LogP contribution in [0.1, 0.15) is 37.4 Å². The van der Waals surface area contributed by atoms with E-state index in [-0.39, 0.29) is 6.04 Å². The number of nitrogens with zero attached hydrogens (tertiary/aromatic N) is 1. The van der Waals surface area contributed by atoms with Crippen LogP contribution in [0.3, 0.4) is 0 Å². The van der Waals surface area contributed by atoms with Gasteiger partial charge in [0.2, 0.25) is 0 Å². The van der Waals surface area contributed by atoms with E-state index in [9.17, 15) is 0 Å². The van der Waals surface area contributed by atoms with Crippen molar-refractivity contribution in [2.75, 3.05) is 5.73 Å². The summed E-state index contributed by atoms with van der Waals surface area (Å²) < 4.78 is 0. The average Bonchev–Trinajstić information content (AvgIpc) is 2.22. The van der Waals surface area contributed by atoms with Crippen molar-refractivity contribution in [3.05, 3.63) is 23.4 Å². The number of pyridine rings is 1. The Morgan fingerprint density at radius 1 is 1.53 bits per heavy atom. The lowest BCUT2D eigenvalue weighted by Gasteiger charge is -2.24. The molecule has 1 aromatic rings. The first-order chi connectivity index (χ1) is 7.11. The summed E-state index contributed by atoms with van der Waals surface area (Å²) in [5, 5.41) is 0. The summed E-state index contributed by atoms with van der Waals surface area (Å²) in [5.74, 6) is 6.58. The van der Waals surface area contributed by atoms with Gasteiger partial charge in [-0.3, -0.25) is 11.3 Å². The van der Waals surface area contributed by atoms with Crippen LogP contribution in [0.4, 0.5) is 5.82 Å². The van der Waals surface area contributed by atoms with E-state index < -0.39 is 0 Å². The zero-order valence-electron chi connectivity index (χ0n) is 9.62. The van der Waals surface area contributed by atoms with Gasteiger partial charge in [-0.05, 0) is 24.5 Å². The molecule has 0 spiro atoms. The molecule has 4 heteroatoms. The lowest BCUT2D eigenvalue weighted by atomic mass is 9.91. The zero-order valence-corrected chi connectivity index (χ0v) is 9.62. The van der Waals surface area contributed by atoms with E-state index in [0.717, 1.165) is 17.5 Å². The van der Waals surface area contributed by atoms with Gasteiger partial charge in [0.1, 0.15) is 5.82 Å². The van der Waals surface area contributed by atoms with E-state index in [1.165, 1.54) is 0 Å². The van der Waals surface area contributed by atoms with E-state index in [0.29, 0.717) is 11.7 Å². The predicted molar refractivity (Wildman–Crippen MR) is 62.9 cm³/mol. The molecule has 0 bridgehead atoms. The molecule has 0 aromatic carbocycles. The van der Waals surface area contributed by atoms with Gasteiger partial charge in [-0.15, -0.1) is 0 Å². The molecule has 0 aliphatic heterocycles. The van der Waals surface area contributed by atoms with Crippen molar-refractivity contribution in [2.24, 2.45) is 11.8 Å². The van der Waals surface area contributed by atoms with Crippen LogP contribution in [-0.2, 0) is 0 Å². The van der Waals surface area contributed by atoms with Crippen LogP contribution in [0.15, 0.2) is 12.3 Å². The molecule has 5 N–H and O–H groups in total. The van der Waals surface area contributed by atoms with Crippen molar-refractivity contribution in [1.29, 1.82) is 0 Å². The zero-order chi connectivity index (χ0) is 11.4. The maximum absolute atomic E-state index is 5.88. The van der Waals surface area contributed by atoms with E-state index in [2.05, 4.69) is 24.3 Å². The number of hydrogen-bond donors (Lipinski definition) is 3. The third-order valence-corrected chi connectivity index (χ3v) is 2.94. The number of nitrogen functional groups attached to an aromatic ring is 1. The highest BCUT2D eigenvalue weighted by atomic mass is 15.2. The maximum atomic E-state index is 5.88. The fraction of sp³-hybridized carbons (Fsp3) is 0.545. The van der Waals surface area contributed by atoms with Crippen LogP contribution < -0.4 is 17.0 Å². The molecule has 1 aromatic heterocycles. The highest BCUT2D eigenvalue weighted by Gasteiger charge is 2.20. The normalized spacial score (nSPS) is 14.9. The van der Waals surface area contributed by atoms with Crippen LogP contribution in [0.25, 0.3) is 0 Å². The van der Waals surface area contributed by atoms with Crippen LogP contribution in [0.2, 0.25) is 0 Å². The van der Waals surface area contributed by atoms with E-state index in [1.807, 2.05) is 13.0 Å². The molecule has 0 saturated carbocycles. The number of nitrogens with one attached hydrogen (secondary N) is 1. The number of aryl methyl sites for hydroxylation is 1. The van der Waals surface area contributed by atoms with Crippen LogP contribution in [-0.4, -0.2) is 4.98 Å². The molecular weight excluding hydrogens is 188 g/mol. The summed E-state index contributed by atoms with van der Waals surface area (Å²) in [7, 11) is 0. The van der Waals surface area contributed by atoms with Crippen LogP contribution in [0.5, 0.6) is 0 Å². The SMILES string of the molecule is CCC(C)C(NN)c1c(C)ccnc1N. The molecule has 4 nitrogen and oxygen atoms in total. The van der Waals surface area contributed by atoms with Gasteiger partial charge in [0.25, 0.3) is 0 Å². The van der Waals surface area contributed by atoms with Crippen LogP contribution in [0, 0.1) is 12.8 Å². The summed E-state index contributed by atoms with van der Waals surface area (Å²) in [6.07, 6.45) is 2.76. The smallest absolute Gasteiger partial charge is 0.128 e. The molecule has 84 valence electrons. The Labute approximate surface area is 91.0 Å². The second-order valence-corrected chi connectivity index (χ2v) is 3.96. The average molecular weight is 208 g/mol. The Hall–Kier alpha value is -1.13. The van der Waals surface area contributed by atoms with Gasteiger partial charge in [0.05, 0.1) is 6.04 Å². The first kappa shape index (κ1) is 11.9. The molecule has 1 heterocycles. The maximum Gasteiger partial charge on any atom is 0.128 e. The van der Waals surface area contributed by atoms with Crippen LogP contribution >= 0.6 is 0 Å². The third-order valence-electron chi connectivity index (χ3n) is 2.94. The van der Waals surface area contributed by atoms with Crippen molar-refractivity contribution in [1.82, 2.24) is 10.4 Å². The van der Waals surface area contributed by atoms with Crippen molar-refractivity contribution >= 4 is 5.82 Å². The van der Waals surface area contributed by atoms with Gasteiger partial charge in [-0.1, -0.05) is 20.3 Å². The fourth-order valence-electron chi connectivity index (χ4n) is 1.76. The molecule has 0 aliphatic carbocycles. The van der Waals surface area contributed by atoms with Gasteiger partial charge in [0, 0.05) is 11.8 Å². The molecule has 1 rings (SSSR count). The Morgan fingerprint density at radius 2 is 2.20 bits per heavy atom. The van der Waals surface area contributed by atoms with E-state index in [1.54, 1.807) is 6.20 Å². The molecule has 0 radical (unpaired) electrons. The second kappa shape index (κ2) is 5.09. The molecule has 0 aliphatic rings. The summed E-state index contributed by atoms with van der Waals surface area (Å²) >= 11 is 0. The van der Waals surface area contributed by atoms with E-state index >= 15 is 0 Å². The lowest BCUT2D eigenvalue weighted by molar-refractivity contribution is 0.382. The summed E-state index contributed by atoms with van der Waals surface area (Å²) in [5.41, 5.74) is 10.9. The number of hydrazine groups is 1. The Bertz CT molecular complexity index is 304. The van der Waals surface area contributed by atoms with Gasteiger partial charge in [-0.2, -0.15) is 0 Å². The minimum Gasteiger partial charge on any atom is -0.383 e. The first-order valence-electron chi connectivity index (χ1n) is 5.28. The van der Waals surface area contributed by atoms with Gasteiger partial charge < -0.3 is 5.73 Å².